The molecule has 4 aliphatic rings. The van der Waals surface area contributed by atoms with Crippen LogP contribution in [0.25, 0.3) is 0 Å². The molecule has 6 heteroatoms. The van der Waals surface area contributed by atoms with E-state index in [1.165, 1.54) is 50.5 Å². The minimum Gasteiger partial charge on any atom is -0.414 e. The standard InChI is InChI=1S/C45H80O4Si2/c1-14-15-16-17-20-40(46)45(28-29-45)41(47)26-21-33(2)38-24-25-39-35(19-18-27-44(38,39)9)23-22-34-30-36(48-50(10,11)42(3,4)5)32-37(31-34)49-51(12,13)43(6,7)8/h21-23,26,33,36-39,41,47H,14-20,24-25,27-32H2,1-13H3/t33-,36-,37-,38-,39+,41-,44-/m1/s1. The lowest BCUT2D eigenvalue weighted by atomic mass is 9.61. The lowest BCUT2D eigenvalue weighted by Crippen LogP contribution is -2.48. The number of ketones is 1. The lowest BCUT2D eigenvalue weighted by molar-refractivity contribution is -0.127. The molecule has 0 amide bonds. The van der Waals surface area contributed by atoms with Gasteiger partial charge in [-0.15, -0.1) is 0 Å². The molecular formula is C45H80O4Si2. The van der Waals surface area contributed by atoms with Gasteiger partial charge in [-0.2, -0.15) is 0 Å². The van der Waals surface area contributed by atoms with E-state index in [1.54, 1.807) is 5.57 Å². The topological polar surface area (TPSA) is 55.8 Å². The first-order chi connectivity index (χ1) is 23.6. The summed E-state index contributed by atoms with van der Waals surface area (Å²) in [6.45, 7) is 30.8. The van der Waals surface area contributed by atoms with Crippen molar-refractivity contribution in [3.63, 3.8) is 0 Å². The second kappa shape index (κ2) is 16.5. The molecule has 0 aromatic heterocycles. The highest BCUT2D eigenvalue weighted by molar-refractivity contribution is 6.74. The van der Waals surface area contributed by atoms with Crippen molar-refractivity contribution in [3.05, 3.63) is 35.5 Å². The molecule has 0 bridgehead atoms. The van der Waals surface area contributed by atoms with Gasteiger partial charge in [0.15, 0.2) is 16.6 Å². The molecule has 7 atom stereocenters. The molecule has 1 N–H and O–H groups in total. The molecule has 0 spiro atoms. The molecule has 4 saturated carbocycles. The average Bonchev–Trinajstić information content (AvgIpc) is 3.75. The summed E-state index contributed by atoms with van der Waals surface area (Å²) in [6.07, 6.45) is 25.2. The molecule has 4 fully saturated rings. The summed E-state index contributed by atoms with van der Waals surface area (Å²) >= 11 is 0. The van der Waals surface area contributed by atoms with Crippen molar-refractivity contribution in [1.82, 2.24) is 0 Å². The number of fused-ring (bicyclic) bond motifs is 1. The van der Waals surface area contributed by atoms with Crippen LogP contribution in [0.3, 0.4) is 0 Å². The molecule has 0 unspecified atom stereocenters. The number of allylic oxidation sites excluding steroid dienone is 4. The quantitative estimate of drug-likeness (QED) is 0.103. The summed E-state index contributed by atoms with van der Waals surface area (Å²) in [5.74, 6) is 1.90. The maximum atomic E-state index is 13.1. The van der Waals surface area contributed by atoms with Crippen LogP contribution in [0.1, 0.15) is 159 Å². The summed E-state index contributed by atoms with van der Waals surface area (Å²) in [4.78, 5) is 13.1. The van der Waals surface area contributed by atoms with Crippen molar-refractivity contribution in [2.24, 2.45) is 28.6 Å². The molecule has 0 saturated heterocycles. The van der Waals surface area contributed by atoms with Crippen LogP contribution < -0.4 is 0 Å². The Morgan fingerprint density at radius 1 is 0.882 bits per heavy atom. The molecule has 4 nitrogen and oxygen atoms in total. The molecule has 0 heterocycles. The second-order valence-electron chi connectivity index (χ2n) is 20.9. The molecule has 0 aromatic carbocycles. The van der Waals surface area contributed by atoms with Gasteiger partial charge in [-0.25, -0.2) is 0 Å². The zero-order valence-electron chi connectivity index (χ0n) is 35.6. The van der Waals surface area contributed by atoms with Crippen LogP contribution >= 0.6 is 0 Å². The molecule has 0 aliphatic heterocycles. The van der Waals surface area contributed by atoms with E-state index in [9.17, 15) is 9.90 Å². The number of rotatable bonds is 15. The molecule has 4 rings (SSSR count). The Balaban J connectivity index is 1.47. The van der Waals surface area contributed by atoms with Gasteiger partial charge >= 0.3 is 0 Å². The Hall–Kier alpha value is -0.796. The van der Waals surface area contributed by atoms with Gasteiger partial charge in [0, 0.05) is 6.42 Å². The monoisotopic (exact) mass is 741 g/mol. The third kappa shape index (κ3) is 10.1. The fourth-order valence-corrected chi connectivity index (χ4v) is 12.2. The van der Waals surface area contributed by atoms with Crippen molar-refractivity contribution in [2.75, 3.05) is 0 Å². The number of carbonyl (C=O) groups excluding carboxylic acids is 1. The van der Waals surface area contributed by atoms with Gasteiger partial charge in [0.1, 0.15) is 5.78 Å². The minimum atomic E-state index is -1.91. The Labute approximate surface area is 317 Å². The molecular weight excluding hydrogens is 661 g/mol. The number of Topliss-reactive ketones (excluding diaryl/α,β-unsaturated/α-hetero) is 1. The Kier molecular flexibility index (Phi) is 13.9. The number of unbranched alkanes of at least 4 members (excludes halogenated alkanes) is 3. The average molecular weight is 741 g/mol. The van der Waals surface area contributed by atoms with Crippen molar-refractivity contribution < 1.29 is 18.8 Å². The highest BCUT2D eigenvalue weighted by Gasteiger charge is 2.54. The minimum absolute atomic E-state index is 0.187. The fourth-order valence-electron chi connectivity index (χ4n) is 9.43. The van der Waals surface area contributed by atoms with Crippen LogP contribution in [0, 0.1) is 28.6 Å². The first-order valence-corrected chi connectivity index (χ1v) is 27.0. The number of hydrogen-bond acceptors (Lipinski definition) is 4. The summed E-state index contributed by atoms with van der Waals surface area (Å²) < 4.78 is 14.2. The van der Waals surface area contributed by atoms with Crippen LogP contribution in [0.5, 0.6) is 0 Å². The van der Waals surface area contributed by atoms with E-state index in [4.69, 9.17) is 8.85 Å². The maximum absolute atomic E-state index is 13.1. The summed E-state index contributed by atoms with van der Waals surface area (Å²) in [5, 5.41) is 11.6. The lowest BCUT2D eigenvalue weighted by Gasteiger charge is -2.45. The predicted molar refractivity (Wildman–Crippen MR) is 222 cm³/mol. The van der Waals surface area contributed by atoms with Gasteiger partial charge in [0.2, 0.25) is 0 Å². The fraction of sp³-hybridized carbons (Fsp3) is 0.844. The SMILES string of the molecule is CCCCCCC(=O)C1([C@H](O)C=C[C@@H](C)[C@H]2CC[C@H]3C(=CC=C4C[C@@H](O[Si](C)(C)C(C)(C)C)C[C@H](O[Si](C)(C)C(C)(C)C)C4)CCC[C@]23C)CC1. The largest absolute Gasteiger partial charge is 0.414 e. The van der Waals surface area contributed by atoms with Crippen LogP contribution in [0.2, 0.25) is 36.3 Å². The van der Waals surface area contributed by atoms with Crippen LogP contribution in [0.4, 0.5) is 0 Å². The summed E-state index contributed by atoms with van der Waals surface area (Å²) in [7, 11) is -3.82. The maximum Gasteiger partial charge on any atom is 0.192 e. The number of carbonyl (C=O) groups is 1. The second-order valence-corrected chi connectivity index (χ2v) is 30.4. The van der Waals surface area contributed by atoms with Gasteiger partial charge in [-0.1, -0.05) is 117 Å². The van der Waals surface area contributed by atoms with Crippen molar-refractivity contribution in [3.8, 4) is 0 Å². The van der Waals surface area contributed by atoms with Crippen molar-refractivity contribution >= 4 is 22.4 Å². The molecule has 0 aromatic rings. The first kappa shape index (κ1) is 42.9. The van der Waals surface area contributed by atoms with Gasteiger partial charge in [-0.05, 0) is 130 Å². The zero-order chi connectivity index (χ0) is 38.0. The normalized spacial score (nSPS) is 30.8. The van der Waals surface area contributed by atoms with Crippen LogP contribution in [-0.4, -0.2) is 45.8 Å². The van der Waals surface area contributed by atoms with E-state index in [2.05, 4.69) is 107 Å². The number of aliphatic hydroxyl groups is 1. The number of hydrogen-bond donors (Lipinski definition) is 1. The molecule has 51 heavy (non-hydrogen) atoms. The number of aliphatic hydroxyl groups excluding tert-OH is 1. The Bertz CT molecular complexity index is 1240. The van der Waals surface area contributed by atoms with Crippen LogP contribution in [0.15, 0.2) is 35.5 Å². The van der Waals surface area contributed by atoms with E-state index >= 15 is 0 Å². The highest BCUT2D eigenvalue weighted by atomic mass is 28.4. The third-order valence-electron chi connectivity index (χ3n) is 15.0. The van der Waals surface area contributed by atoms with E-state index in [-0.39, 0.29) is 27.7 Å². The van der Waals surface area contributed by atoms with Gasteiger partial charge in [0.25, 0.3) is 0 Å². The predicted octanol–water partition coefficient (Wildman–Crippen LogP) is 12.9. The van der Waals surface area contributed by atoms with E-state index in [0.29, 0.717) is 30.0 Å². The van der Waals surface area contributed by atoms with Crippen LogP contribution in [-0.2, 0) is 13.6 Å². The van der Waals surface area contributed by atoms with Crippen molar-refractivity contribution in [1.29, 1.82) is 0 Å². The van der Waals surface area contributed by atoms with Gasteiger partial charge in [0.05, 0.1) is 23.7 Å². The van der Waals surface area contributed by atoms with E-state index in [1.807, 2.05) is 6.08 Å². The first-order valence-electron chi connectivity index (χ1n) is 21.2. The Morgan fingerprint density at radius 3 is 2.00 bits per heavy atom. The van der Waals surface area contributed by atoms with E-state index in [0.717, 1.165) is 44.9 Å². The molecule has 0 radical (unpaired) electrons. The Morgan fingerprint density at radius 2 is 1.47 bits per heavy atom. The van der Waals surface area contributed by atoms with Gasteiger partial charge < -0.3 is 14.0 Å². The highest BCUT2D eigenvalue weighted by Crippen LogP contribution is 2.60. The zero-order valence-corrected chi connectivity index (χ0v) is 37.6. The summed E-state index contributed by atoms with van der Waals surface area (Å²) in [5.41, 5.74) is 2.93. The molecule has 292 valence electrons. The summed E-state index contributed by atoms with van der Waals surface area (Å²) in [6, 6.07) is 0. The molecule has 4 aliphatic carbocycles. The smallest absolute Gasteiger partial charge is 0.192 e. The third-order valence-corrected chi connectivity index (χ3v) is 24.1. The van der Waals surface area contributed by atoms with E-state index < -0.39 is 28.2 Å². The van der Waals surface area contributed by atoms with Gasteiger partial charge in [-0.3, -0.25) is 4.79 Å². The van der Waals surface area contributed by atoms with Crippen molar-refractivity contribution in [2.45, 2.75) is 213 Å².